The number of aryl methyl sites for hydroxylation is 1. The zero-order chi connectivity index (χ0) is 12.0. The Morgan fingerprint density at radius 2 is 2.00 bits per heavy atom. The number of hydrogen-bond acceptors (Lipinski definition) is 2. The van der Waals surface area contributed by atoms with Crippen molar-refractivity contribution in [2.45, 2.75) is 26.7 Å². The third-order valence-electron chi connectivity index (χ3n) is 2.52. The molecule has 88 valence electrons. The van der Waals surface area contributed by atoms with E-state index in [1.54, 1.807) is 6.92 Å². The molecule has 0 saturated heterocycles. The number of rotatable bonds is 6. The van der Waals surface area contributed by atoms with Crippen LogP contribution >= 0.6 is 0 Å². The fraction of sp³-hybridized carbons (Fsp3) is 0.462. The van der Waals surface area contributed by atoms with Gasteiger partial charge in [-0.2, -0.15) is 0 Å². The molecule has 0 aliphatic heterocycles. The molecule has 0 amide bonds. The van der Waals surface area contributed by atoms with E-state index >= 15 is 0 Å². The van der Waals surface area contributed by atoms with E-state index in [0.717, 1.165) is 17.7 Å². The Bertz CT molecular complexity index is 330. The Kier molecular flexibility index (Phi) is 4.83. The van der Waals surface area contributed by atoms with Crippen molar-refractivity contribution in [2.24, 2.45) is 5.92 Å². The minimum atomic E-state index is -0.731. The second kappa shape index (κ2) is 6.16. The van der Waals surface area contributed by atoms with Crippen molar-refractivity contribution in [3.05, 3.63) is 29.8 Å². The van der Waals surface area contributed by atoms with Crippen LogP contribution in [0.2, 0.25) is 0 Å². The number of carboxylic acid groups (broad SMARTS) is 1. The Balaban J connectivity index is 2.46. The van der Waals surface area contributed by atoms with E-state index in [1.807, 2.05) is 31.2 Å². The molecule has 0 saturated carbocycles. The van der Waals surface area contributed by atoms with E-state index in [0.29, 0.717) is 13.0 Å². The van der Waals surface area contributed by atoms with Crippen LogP contribution in [0.5, 0.6) is 5.75 Å². The van der Waals surface area contributed by atoms with E-state index in [9.17, 15) is 4.79 Å². The van der Waals surface area contributed by atoms with Crippen LogP contribution in [0.3, 0.4) is 0 Å². The maximum atomic E-state index is 10.6. The number of ether oxygens (including phenoxy) is 1. The topological polar surface area (TPSA) is 46.5 Å². The van der Waals surface area contributed by atoms with Gasteiger partial charge in [0.05, 0.1) is 12.5 Å². The summed E-state index contributed by atoms with van der Waals surface area (Å²) < 4.78 is 5.33. The molecular formula is C13H18O3. The van der Waals surface area contributed by atoms with Crippen molar-refractivity contribution in [3.8, 4) is 5.75 Å². The fourth-order valence-electron chi connectivity index (χ4n) is 1.43. The Labute approximate surface area is 96.1 Å². The van der Waals surface area contributed by atoms with Crippen molar-refractivity contribution < 1.29 is 14.6 Å². The van der Waals surface area contributed by atoms with Gasteiger partial charge in [-0.1, -0.05) is 19.1 Å². The maximum absolute atomic E-state index is 10.6. The minimum absolute atomic E-state index is 0.286. The SMILES string of the molecule is CCOc1ccc(CCC(C)C(=O)O)cc1. The lowest BCUT2D eigenvalue weighted by Gasteiger charge is -2.07. The molecule has 16 heavy (non-hydrogen) atoms. The van der Waals surface area contributed by atoms with Gasteiger partial charge in [-0.25, -0.2) is 0 Å². The summed E-state index contributed by atoms with van der Waals surface area (Å²) in [6.45, 7) is 4.34. The Morgan fingerprint density at radius 1 is 1.38 bits per heavy atom. The van der Waals surface area contributed by atoms with Gasteiger partial charge >= 0.3 is 5.97 Å². The molecule has 1 aromatic rings. The van der Waals surface area contributed by atoms with Crippen molar-refractivity contribution in [2.75, 3.05) is 6.61 Å². The first-order valence-electron chi connectivity index (χ1n) is 5.58. The van der Waals surface area contributed by atoms with Crippen molar-refractivity contribution >= 4 is 5.97 Å². The van der Waals surface area contributed by atoms with Crippen LogP contribution in [0.1, 0.15) is 25.8 Å². The highest BCUT2D eigenvalue weighted by Crippen LogP contribution is 2.15. The second-order valence-corrected chi connectivity index (χ2v) is 3.85. The minimum Gasteiger partial charge on any atom is -0.494 e. The van der Waals surface area contributed by atoms with Gasteiger partial charge in [0.25, 0.3) is 0 Å². The van der Waals surface area contributed by atoms with E-state index in [1.165, 1.54) is 0 Å². The van der Waals surface area contributed by atoms with Crippen molar-refractivity contribution in [1.29, 1.82) is 0 Å². The van der Waals surface area contributed by atoms with E-state index < -0.39 is 5.97 Å². The van der Waals surface area contributed by atoms with Crippen molar-refractivity contribution in [1.82, 2.24) is 0 Å². The van der Waals surface area contributed by atoms with Gasteiger partial charge in [0.2, 0.25) is 0 Å². The molecule has 1 rings (SSSR count). The quantitative estimate of drug-likeness (QED) is 0.805. The molecule has 0 heterocycles. The summed E-state index contributed by atoms with van der Waals surface area (Å²) >= 11 is 0. The molecule has 0 bridgehead atoms. The molecule has 1 aromatic carbocycles. The van der Waals surface area contributed by atoms with Crippen LogP contribution in [0.25, 0.3) is 0 Å². The summed E-state index contributed by atoms with van der Waals surface area (Å²) in [6, 6.07) is 7.81. The number of aliphatic carboxylic acids is 1. The van der Waals surface area contributed by atoms with Gasteiger partial charge < -0.3 is 9.84 Å². The van der Waals surface area contributed by atoms with Gasteiger partial charge in [0.1, 0.15) is 5.75 Å². The standard InChI is InChI=1S/C13H18O3/c1-3-16-12-8-6-11(7-9-12)5-4-10(2)13(14)15/h6-10H,3-5H2,1-2H3,(H,14,15). The summed E-state index contributed by atoms with van der Waals surface area (Å²) in [7, 11) is 0. The second-order valence-electron chi connectivity index (χ2n) is 3.85. The van der Waals surface area contributed by atoms with Gasteiger partial charge in [0.15, 0.2) is 0 Å². The highest BCUT2D eigenvalue weighted by molar-refractivity contribution is 5.69. The molecule has 1 unspecified atom stereocenters. The lowest BCUT2D eigenvalue weighted by molar-refractivity contribution is -0.141. The number of benzene rings is 1. The van der Waals surface area contributed by atoms with Gasteiger partial charge in [-0.05, 0) is 37.5 Å². The fourth-order valence-corrected chi connectivity index (χ4v) is 1.43. The molecule has 0 aliphatic rings. The zero-order valence-corrected chi connectivity index (χ0v) is 9.77. The van der Waals surface area contributed by atoms with Gasteiger partial charge in [0, 0.05) is 0 Å². The first-order valence-corrected chi connectivity index (χ1v) is 5.58. The molecule has 0 fully saturated rings. The van der Waals surface area contributed by atoms with Gasteiger partial charge in [-0.15, -0.1) is 0 Å². The Hall–Kier alpha value is -1.51. The number of hydrogen-bond donors (Lipinski definition) is 1. The van der Waals surface area contributed by atoms with E-state index in [4.69, 9.17) is 9.84 Å². The summed E-state index contributed by atoms with van der Waals surface area (Å²) in [4.78, 5) is 10.6. The predicted octanol–water partition coefficient (Wildman–Crippen LogP) is 2.74. The summed E-state index contributed by atoms with van der Waals surface area (Å²) in [5.41, 5.74) is 1.15. The predicted molar refractivity (Wildman–Crippen MR) is 62.7 cm³/mol. The molecule has 1 atom stereocenters. The molecule has 0 aromatic heterocycles. The van der Waals surface area contributed by atoms with Crippen LogP contribution in [-0.4, -0.2) is 17.7 Å². The lowest BCUT2D eigenvalue weighted by atomic mass is 10.0. The first kappa shape index (κ1) is 12.6. The summed E-state index contributed by atoms with van der Waals surface area (Å²) in [5.74, 6) is -0.157. The molecule has 3 heteroatoms. The Morgan fingerprint density at radius 3 is 2.50 bits per heavy atom. The van der Waals surface area contributed by atoms with Gasteiger partial charge in [-0.3, -0.25) is 4.79 Å². The van der Waals surface area contributed by atoms with Crippen LogP contribution in [0.15, 0.2) is 24.3 Å². The average molecular weight is 222 g/mol. The number of carboxylic acids is 1. The van der Waals surface area contributed by atoms with E-state index in [2.05, 4.69) is 0 Å². The third-order valence-corrected chi connectivity index (χ3v) is 2.52. The monoisotopic (exact) mass is 222 g/mol. The smallest absolute Gasteiger partial charge is 0.306 e. The highest BCUT2D eigenvalue weighted by atomic mass is 16.5. The summed E-state index contributed by atoms with van der Waals surface area (Å²) in [5, 5.41) is 8.75. The molecule has 0 aliphatic carbocycles. The lowest BCUT2D eigenvalue weighted by Crippen LogP contribution is -2.10. The molecule has 0 radical (unpaired) electrons. The van der Waals surface area contributed by atoms with E-state index in [-0.39, 0.29) is 5.92 Å². The van der Waals surface area contributed by atoms with Crippen LogP contribution < -0.4 is 4.74 Å². The van der Waals surface area contributed by atoms with Crippen LogP contribution in [-0.2, 0) is 11.2 Å². The highest BCUT2D eigenvalue weighted by Gasteiger charge is 2.10. The number of carbonyl (C=O) groups is 1. The molecule has 3 nitrogen and oxygen atoms in total. The average Bonchev–Trinajstić information content (AvgIpc) is 2.28. The molecule has 0 spiro atoms. The zero-order valence-electron chi connectivity index (χ0n) is 9.77. The van der Waals surface area contributed by atoms with Crippen molar-refractivity contribution in [3.63, 3.8) is 0 Å². The molecule has 1 N–H and O–H groups in total. The maximum Gasteiger partial charge on any atom is 0.306 e. The first-order chi connectivity index (χ1) is 7.63. The van der Waals surface area contributed by atoms with Crippen LogP contribution in [0, 0.1) is 5.92 Å². The van der Waals surface area contributed by atoms with Crippen LogP contribution in [0.4, 0.5) is 0 Å². The summed E-state index contributed by atoms with van der Waals surface area (Å²) in [6.07, 6.45) is 1.46. The normalized spacial score (nSPS) is 12.1. The third kappa shape index (κ3) is 3.93. The molecular weight excluding hydrogens is 204 g/mol. The largest absolute Gasteiger partial charge is 0.494 e.